The molecular formula is C20H22N4O. The molecule has 4 heterocycles. The molecule has 3 aromatic rings. The molecule has 2 bridgehead atoms. The van der Waals surface area contributed by atoms with Gasteiger partial charge in [-0.15, -0.1) is 0 Å². The molecule has 0 unspecified atom stereocenters. The van der Waals surface area contributed by atoms with Crippen LogP contribution < -0.4 is 0 Å². The molecule has 0 amide bonds. The van der Waals surface area contributed by atoms with Gasteiger partial charge >= 0.3 is 0 Å². The third kappa shape index (κ3) is 2.72. The van der Waals surface area contributed by atoms with Crippen molar-refractivity contribution in [3.8, 4) is 0 Å². The van der Waals surface area contributed by atoms with E-state index in [1.54, 1.807) is 0 Å². The number of hydrogen-bond acceptors (Lipinski definition) is 5. The van der Waals surface area contributed by atoms with E-state index in [2.05, 4.69) is 39.3 Å². The zero-order chi connectivity index (χ0) is 16.7. The highest BCUT2D eigenvalue weighted by molar-refractivity contribution is 5.78. The van der Waals surface area contributed by atoms with E-state index in [0.29, 0.717) is 6.42 Å². The third-order valence-electron chi connectivity index (χ3n) is 5.74. The lowest BCUT2D eigenvalue weighted by molar-refractivity contribution is 0.0711. The highest BCUT2D eigenvalue weighted by atomic mass is 16.5. The van der Waals surface area contributed by atoms with E-state index in [1.807, 2.05) is 12.3 Å². The summed E-state index contributed by atoms with van der Waals surface area (Å²) in [7, 11) is 0. The summed E-state index contributed by atoms with van der Waals surface area (Å²) in [5.74, 6) is 1.63. The van der Waals surface area contributed by atoms with Crippen LogP contribution in [-0.2, 0) is 11.8 Å². The average molecular weight is 334 g/mol. The van der Waals surface area contributed by atoms with Gasteiger partial charge in [0.1, 0.15) is 0 Å². The molecule has 1 aromatic carbocycles. The first-order chi connectivity index (χ1) is 12.3. The van der Waals surface area contributed by atoms with Crippen LogP contribution >= 0.6 is 0 Å². The average Bonchev–Trinajstić information content (AvgIpc) is 3.11. The van der Waals surface area contributed by atoms with Crippen LogP contribution in [0.5, 0.6) is 0 Å². The molecule has 0 atom stereocenters. The first-order valence-electron chi connectivity index (χ1n) is 9.20. The quantitative estimate of drug-likeness (QED) is 0.735. The number of rotatable bonds is 3. The molecule has 0 spiro atoms. The zero-order valence-electron chi connectivity index (χ0n) is 14.3. The Hall–Kier alpha value is -2.27. The Labute approximate surface area is 147 Å². The lowest BCUT2D eigenvalue weighted by Crippen LogP contribution is -2.50. The summed E-state index contributed by atoms with van der Waals surface area (Å²) in [6.07, 6.45) is 7.32. The maximum absolute atomic E-state index is 5.74. The number of benzene rings is 1. The minimum atomic E-state index is 0.0900. The van der Waals surface area contributed by atoms with Gasteiger partial charge < -0.3 is 9.42 Å². The molecule has 25 heavy (non-hydrogen) atoms. The first-order valence-corrected chi connectivity index (χ1v) is 9.20. The van der Waals surface area contributed by atoms with Crippen LogP contribution in [0.3, 0.4) is 0 Å². The van der Waals surface area contributed by atoms with Gasteiger partial charge in [-0.2, -0.15) is 4.98 Å². The summed E-state index contributed by atoms with van der Waals surface area (Å²) in [6, 6.07) is 10.4. The van der Waals surface area contributed by atoms with Gasteiger partial charge in [0.25, 0.3) is 0 Å². The van der Waals surface area contributed by atoms with Crippen LogP contribution in [-0.4, -0.2) is 39.7 Å². The second-order valence-corrected chi connectivity index (χ2v) is 7.49. The van der Waals surface area contributed by atoms with E-state index in [1.165, 1.54) is 44.3 Å². The molecule has 128 valence electrons. The Bertz CT molecular complexity index is 893. The van der Waals surface area contributed by atoms with Crippen molar-refractivity contribution in [2.24, 2.45) is 0 Å². The maximum Gasteiger partial charge on any atom is 0.234 e. The molecule has 5 rings (SSSR count). The van der Waals surface area contributed by atoms with Gasteiger partial charge in [0.2, 0.25) is 5.89 Å². The van der Waals surface area contributed by atoms with Crippen molar-refractivity contribution < 1.29 is 4.52 Å². The van der Waals surface area contributed by atoms with E-state index in [0.717, 1.165) is 29.2 Å². The van der Waals surface area contributed by atoms with E-state index >= 15 is 0 Å². The van der Waals surface area contributed by atoms with Gasteiger partial charge in [-0.1, -0.05) is 23.4 Å². The van der Waals surface area contributed by atoms with E-state index in [-0.39, 0.29) is 5.41 Å². The van der Waals surface area contributed by atoms with Crippen molar-refractivity contribution in [2.75, 3.05) is 19.6 Å². The molecule has 0 aliphatic carbocycles. The number of nitrogens with zero attached hydrogens (tertiary/aromatic N) is 4. The number of pyridine rings is 1. The summed E-state index contributed by atoms with van der Waals surface area (Å²) in [4.78, 5) is 11.8. The fraction of sp³-hybridized carbons (Fsp3) is 0.450. The second kappa shape index (κ2) is 5.92. The molecule has 5 nitrogen and oxygen atoms in total. The van der Waals surface area contributed by atoms with Crippen molar-refractivity contribution in [1.82, 2.24) is 20.0 Å². The largest absolute Gasteiger partial charge is 0.339 e. The highest BCUT2D eigenvalue weighted by Gasteiger charge is 2.43. The molecule has 2 fully saturated rings. The number of hydrogen-bond donors (Lipinski definition) is 0. The molecule has 0 radical (unpaired) electrons. The monoisotopic (exact) mass is 334 g/mol. The van der Waals surface area contributed by atoms with Crippen LogP contribution in [0.4, 0.5) is 0 Å². The molecule has 2 aromatic heterocycles. The Balaban J connectivity index is 1.40. The predicted octanol–water partition coefficient (Wildman–Crippen LogP) is 3.34. The standard InChI is InChI=1S/C20H22N4O/c1-4-16-6-5-15(12-17(16)21-9-1)13-18-22-19(25-23-18)20-7-2-10-24(14-20)11-3-8-20/h1,4-6,9,12H,2-3,7-8,10-11,13-14H2. The van der Waals surface area contributed by atoms with E-state index in [4.69, 9.17) is 9.51 Å². The molecule has 2 aliphatic rings. The van der Waals surface area contributed by atoms with Gasteiger partial charge in [0.05, 0.1) is 10.9 Å². The second-order valence-electron chi connectivity index (χ2n) is 7.49. The molecule has 0 N–H and O–H groups in total. The summed E-state index contributed by atoms with van der Waals surface area (Å²) < 4.78 is 5.74. The molecule has 2 saturated heterocycles. The maximum atomic E-state index is 5.74. The van der Waals surface area contributed by atoms with Crippen LogP contribution in [0, 0.1) is 0 Å². The zero-order valence-corrected chi connectivity index (χ0v) is 14.3. The third-order valence-corrected chi connectivity index (χ3v) is 5.74. The minimum Gasteiger partial charge on any atom is -0.339 e. The van der Waals surface area contributed by atoms with E-state index < -0.39 is 0 Å². The van der Waals surface area contributed by atoms with Crippen molar-refractivity contribution >= 4 is 10.9 Å². The van der Waals surface area contributed by atoms with Gasteiger partial charge in [0, 0.05) is 24.5 Å². The Morgan fingerprint density at radius 2 is 2.00 bits per heavy atom. The van der Waals surface area contributed by atoms with Gasteiger partial charge in [-0.3, -0.25) is 4.98 Å². The van der Waals surface area contributed by atoms with Crippen molar-refractivity contribution in [3.05, 3.63) is 53.8 Å². The van der Waals surface area contributed by atoms with Crippen LogP contribution in [0.1, 0.15) is 43.0 Å². The number of aromatic nitrogens is 3. The number of piperidine rings is 2. The van der Waals surface area contributed by atoms with Crippen LogP contribution in [0.25, 0.3) is 10.9 Å². The summed E-state index contributed by atoms with van der Waals surface area (Å²) in [5, 5.41) is 5.44. The lowest BCUT2D eigenvalue weighted by Gasteiger charge is -2.44. The Morgan fingerprint density at radius 1 is 1.12 bits per heavy atom. The van der Waals surface area contributed by atoms with Gasteiger partial charge in [-0.05, 0) is 56.5 Å². The minimum absolute atomic E-state index is 0.0900. The number of fused-ring (bicyclic) bond motifs is 3. The van der Waals surface area contributed by atoms with Gasteiger partial charge in [-0.25, -0.2) is 0 Å². The smallest absolute Gasteiger partial charge is 0.234 e. The molecule has 2 aliphatic heterocycles. The highest BCUT2D eigenvalue weighted by Crippen LogP contribution is 2.40. The molecule has 0 saturated carbocycles. The fourth-order valence-corrected chi connectivity index (χ4v) is 4.49. The van der Waals surface area contributed by atoms with Crippen molar-refractivity contribution in [3.63, 3.8) is 0 Å². The Morgan fingerprint density at radius 3 is 2.88 bits per heavy atom. The molecule has 5 heteroatoms. The first kappa shape index (κ1) is 15.0. The Kier molecular flexibility index (Phi) is 3.55. The van der Waals surface area contributed by atoms with Gasteiger partial charge in [0.15, 0.2) is 5.82 Å². The lowest BCUT2D eigenvalue weighted by atomic mass is 9.73. The SMILES string of the molecule is c1cnc2cc(Cc3noc(C45CCCN(CCC4)C5)n3)ccc2c1. The van der Waals surface area contributed by atoms with Crippen molar-refractivity contribution in [2.45, 2.75) is 37.5 Å². The topological polar surface area (TPSA) is 55.1 Å². The fourth-order valence-electron chi connectivity index (χ4n) is 4.49. The summed E-state index contributed by atoms with van der Waals surface area (Å²) in [6.45, 7) is 3.51. The van der Waals surface area contributed by atoms with Crippen LogP contribution in [0.2, 0.25) is 0 Å². The summed E-state index contributed by atoms with van der Waals surface area (Å²) >= 11 is 0. The predicted molar refractivity (Wildman–Crippen MR) is 95.4 cm³/mol. The van der Waals surface area contributed by atoms with Crippen LogP contribution in [0.15, 0.2) is 41.1 Å². The van der Waals surface area contributed by atoms with E-state index in [9.17, 15) is 0 Å². The summed E-state index contributed by atoms with van der Waals surface area (Å²) in [5.41, 5.74) is 2.27. The normalized spacial score (nSPS) is 26.0. The van der Waals surface area contributed by atoms with Crippen molar-refractivity contribution in [1.29, 1.82) is 0 Å². The molecular weight excluding hydrogens is 312 g/mol.